The maximum absolute atomic E-state index is 9.41. The van der Waals surface area contributed by atoms with Crippen molar-refractivity contribution in [2.75, 3.05) is 19.8 Å². The Kier molecular flexibility index (Phi) is 7.03. The van der Waals surface area contributed by atoms with E-state index in [1.54, 1.807) is 0 Å². The normalized spacial score (nSPS) is 14.1. The van der Waals surface area contributed by atoms with Gasteiger partial charge in [0.15, 0.2) is 0 Å². The molecule has 0 saturated carbocycles. The Balaban J connectivity index is 2.26. The molecule has 0 spiro atoms. The van der Waals surface area contributed by atoms with Gasteiger partial charge in [-0.25, -0.2) is 0 Å². The molecule has 0 aliphatic carbocycles. The predicted molar refractivity (Wildman–Crippen MR) is 84.4 cm³/mol. The van der Waals surface area contributed by atoms with Crippen LogP contribution in [0.4, 0.5) is 0 Å². The molecule has 1 rings (SSSR count). The summed E-state index contributed by atoms with van der Waals surface area (Å²) in [4.78, 5) is 0. The lowest BCUT2D eigenvalue weighted by Gasteiger charge is -2.28. The van der Waals surface area contributed by atoms with Crippen LogP contribution in [-0.4, -0.2) is 30.4 Å². The van der Waals surface area contributed by atoms with E-state index in [0.717, 1.165) is 38.2 Å². The van der Waals surface area contributed by atoms with E-state index in [-0.39, 0.29) is 12.1 Å². The molecule has 1 unspecified atom stereocenters. The van der Waals surface area contributed by atoms with Gasteiger partial charge in [0.1, 0.15) is 5.75 Å². The number of benzene rings is 1. The summed E-state index contributed by atoms with van der Waals surface area (Å²) in [5.74, 6) is 0.949. The van der Waals surface area contributed by atoms with Crippen LogP contribution in [0.2, 0.25) is 0 Å². The Morgan fingerprint density at radius 3 is 2.55 bits per heavy atom. The minimum Gasteiger partial charge on any atom is -0.494 e. The van der Waals surface area contributed by atoms with Crippen LogP contribution in [0.25, 0.3) is 0 Å². The highest BCUT2D eigenvalue weighted by Crippen LogP contribution is 2.17. The van der Waals surface area contributed by atoms with Gasteiger partial charge in [0, 0.05) is 5.54 Å². The minimum absolute atomic E-state index is 0.158. The number of ether oxygens (including phenoxy) is 1. The summed E-state index contributed by atoms with van der Waals surface area (Å²) in [5.41, 5.74) is 2.40. The third kappa shape index (κ3) is 5.51. The summed E-state index contributed by atoms with van der Waals surface area (Å²) in [6.07, 6.45) is 3.02. The quantitative estimate of drug-likeness (QED) is 0.682. The fourth-order valence-electron chi connectivity index (χ4n) is 2.26. The van der Waals surface area contributed by atoms with E-state index < -0.39 is 0 Å². The van der Waals surface area contributed by atoms with Gasteiger partial charge >= 0.3 is 0 Å². The first-order valence-electron chi connectivity index (χ1n) is 7.56. The number of nitrogens with one attached hydrogen (secondary N) is 1. The summed E-state index contributed by atoms with van der Waals surface area (Å²) in [5, 5.41) is 12.8. The van der Waals surface area contributed by atoms with Gasteiger partial charge in [-0.2, -0.15) is 0 Å². The lowest BCUT2D eigenvalue weighted by Crippen LogP contribution is -2.45. The molecule has 0 radical (unpaired) electrons. The Labute approximate surface area is 123 Å². The zero-order valence-electron chi connectivity index (χ0n) is 13.3. The van der Waals surface area contributed by atoms with Crippen molar-refractivity contribution in [3.63, 3.8) is 0 Å². The summed E-state index contributed by atoms with van der Waals surface area (Å²) >= 11 is 0. The first-order chi connectivity index (χ1) is 9.50. The standard InChI is InChI=1S/C17H29NO2/c1-5-18-17(4,13-19)10-6-7-11-20-16-9-8-14(2)15(3)12-16/h8-9,12,18-19H,5-7,10-11,13H2,1-4H3. The van der Waals surface area contributed by atoms with E-state index in [4.69, 9.17) is 4.74 Å². The topological polar surface area (TPSA) is 41.5 Å². The van der Waals surface area contributed by atoms with Crippen LogP contribution in [0.3, 0.4) is 0 Å². The van der Waals surface area contributed by atoms with Crippen LogP contribution in [0.1, 0.15) is 44.2 Å². The smallest absolute Gasteiger partial charge is 0.119 e. The van der Waals surface area contributed by atoms with Crippen LogP contribution in [0, 0.1) is 13.8 Å². The zero-order chi connectivity index (χ0) is 15.0. The Bertz CT molecular complexity index is 406. The summed E-state index contributed by atoms with van der Waals surface area (Å²) in [6, 6.07) is 6.21. The molecule has 0 heterocycles. The largest absolute Gasteiger partial charge is 0.494 e. The molecule has 1 atom stereocenters. The lowest BCUT2D eigenvalue weighted by atomic mass is 9.96. The lowest BCUT2D eigenvalue weighted by molar-refractivity contribution is 0.162. The van der Waals surface area contributed by atoms with E-state index in [0.29, 0.717) is 0 Å². The Morgan fingerprint density at radius 1 is 1.20 bits per heavy atom. The van der Waals surface area contributed by atoms with Crippen LogP contribution in [-0.2, 0) is 0 Å². The third-order valence-corrected chi connectivity index (χ3v) is 3.82. The maximum Gasteiger partial charge on any atom is 0.119 e. The molecule has 0 saturated heterocycles. The molecule has 0 bridgehead atoms. The summed E-state index contributed by atoms with van der Waals surface area (Å²) < 4.78 is 5.77. The number of likely N-dealkylation sites (N-methyl/N-ethyl adjacent to an activating group) is 1. The first-order valence-corrected chi connectivity index (χ1v) is 7.56. The van der Waals surface area contributed by atoms with Crippen molar-refractivity contribution in [1.82, 2.24) is 5.32 Å². The minimum atomic E-state index is -0.158. The Hall–Kier alpha value is -1.06. The average Bonchev–Trinajstić information content (AvgIpc) is 2.42. The van der Waals surface area contributed by atoms with E-state index in [9.17, 15) is 5.11 Å². The summed E-state index contributed by atoms with van der Waals surface area (Å²) in [7, 11) is 0. The van der Waals surface area contributed by atoms with Gasteiger partial charge in [0.25, 0.3) is 0 Å². The molecule has 3 nitrogen and oxygen atoms in total. The van der Waals surface area contributed by atoms with Crippen molar-refractivity contribution in [3.8, 4) is 5.75 Å². The monoisotopic (exact) mass is 279 g/mol. The van der Waals surface area contributed by atoms with Gasteiger partial charge in [0.05, 0.1) is 13.2 Å². The summed E-state index contributed by atoms with van der Waals surface area (Å²) in [6.45, 7) is 10.1. The number of hydrogen-bond donors (Lipinski definition) is 2. The second-order valence-electron chi connectivity index (χ2n) is 5.80. The number of unbranched alkanes of at least 4 members (excludes halogenated alkanes) is 1. The second-order valence-corrected chi connectivity index (χ2v) is 5.80. The number of rotatable bonds is 9. The van der Waals surface area contributed by atoms with Gasteiger partial charge in [-0.3, -0.25) is 0 Å². The second kappa shape index (κ2) is 8.28. The van der Waals surface area contributed by atoms with Crippen molar-refractivity contribution in [3.05, 3.63) is 29.3 Å². The molecular formula is C17H29NO2. The highest BCUT2D eigenvalue weighted by molar-refractivity contribution is 5.33. The van der Waals surface area contributed by atoms with Gasteiger partial charge in [-0.05, 0) is 69.8 Å². The van der Waals surface area contributed by atoms with E-state index in [1.807, 2.05) is 6.07 Å². The van der Waals surface area contributed by atoms with E-state index in [1.165, 1.54) is 11.1 Å². The third-order valence-electron chi connectivity index (χ3n) is 3.82. The molecule has 2 N–H and O–H groups in total. The number of aliphatic hydroxyl groups is 1. The van der Waals surface area contributed by atoms with E-state index in [2.05, 4.69) is 45.1 Å². The molecule has 20 heavy (non-hydrogen) atoms. The van der Waals surface area contributed by atoms with Crippen molar-refractivity contribution in [2.45, 2.75) is 52.5 Å². The zero-order valence-corrected chi connectivity index (χ0v) is 13.3. The van der Waals surface area contributed by atoms with Crippen molar-refractivity contribution < 1.29 is 9.84 Å². The maximum atomic E-state index is 9.41. The van der Waals surface area contributed by atoms with Crippen LogP contribution >= 0.6 is 0 Å². The molecule has 0 fully saturated rings. The number of aliphatic hydroxyl groups excluding tert-OH is 1. The van der Waals surface area contributed by atoms with Crippen molar-refractivity contribution >= 4 is 0 Å². The highest BCUT2D eigenvalue weighted by atomic mass is 16.5. The highest BCUT2D eigenvalue weighted by Gasteiger charge is 2.20. The molecule has 114 valence electrons. The van der Waals surface area contributed by atoms with Gasteiger partial charge in [0.2, 0.25) is 0 Å². The van der Waals surface area contributed by atoms with Crippen LogP contribution < -0.4 is 10.1 Å². The van der Waals surface area contributed by atoms with Crippen molar-refractivity contribution in [1.29, 1.82) is 0 Å². The molecule has 1 aromatic carbocycles. The van der Waals surface area contributed by atoms with Gasteiger partial charge in [-0.1, -0.05) is 13.0 Å². The fraction of sp³-hybridized carbons (Fsp3) is 0.647. The molecule has 1 aromatic rings. The molecule has 0 aromatic heterocycles. The van der Waals surface area contributed by atoms with E-state index >= 15 is 0 Å². The van der Waals surface area contributed by atoms with Crippen LogP contribution in [0.15, 0.2) is 18.2 Å². The molecule has 0 aliphatic rings. The Morgan fingerprint density at radius 2 is 1.95 bits per heavy atom. The fourth-order valence-corrected chi connectivity index (χ4v) is 2.26. The molecule has 3 heteroatoms. The molecule has 0 amide bonds. The number of aryl methyl sites for hydroxylation is 2. The SMILES string of the molecule is CCNC(C)(CO)CCCCOc1ccc(C)c(C)c1. The first kappa shape index (κ1) is 17.0. The predicted octanol–water partition coefficient (Wildman–Crippen LogP) is 3.21. The van der Waals surface area contributed by atoms with Gasteiger partial charge in [-0.15, -0.1) is 0 Å². The number of hydrogen-bond acceptors (Lipinski definition) is 3. The molecule has 0 aliphatic heterocycles. The van der Waals surface area contributed by atoms with Crippen LogP contribution in [0.5, 0.6) is 5.75 Å². The average molecular weight is 279 g/mol. The van der Waals surface area contributed by atoms with Gasteiger partial charge < -0.3 is 15.2 Å². The molecular weight excluding hydrogens is 250 g/mol. The van der Waals surface area contributed by atoms with Crippen molar-refractivity contribution in [2.24, 2.45) is 0 Å².